The van der Waals surface area contributed by atoms with Crippen molar-refractivity contribution in [2.75, 3.05) is 13.1 Å². The molecule has 5 heteroatoms. The highest BCUT2D eigenvalue weighted by molar-refractivity contribution is 5.05. The standard InChI is InChI=1S/C10H15N5/c11-6-10-13-8-15(14-10)5-3-9-2-1-4-12-7-9/h8-9,12H,1-5,7H2. The zero-order valence-corrected chi connectivity index (χ0v) is 8.69. The van der Waals surface area contributed by atoms with Gasteiger partial charge in [-0.25, -0.2) is 4.98 Å². The van der Waals surface area contributed by atoms with Crippen LogP contribution in [0.3, 0.4) is 0 Å². The molecule has 1 aliphatic rings. The summed E-state index contributed by atoms with van der Waals surface area (Å²) in [7, 11) is 0. The van der Waals surface area contributed by atoms with E-state index in [0.717, 1.165) is 32.0 Å². The molecule has 1 aromatic rings. The second-order valence-corrected chi connectivity index (χ2v) is 3.94. The summed E-state index contributed by atoms with van der Waals surface area (Å²) in [5.74, 6) is 1.00. The lowest BCUT2D eigenvalue weighted by Gasteiger charge is -2.22. The lowest BCUT2D eigenvalue weighted by Crippen LogP contribution is -2.30. The number of nitriles is 1. The van der Waals surface area contributed by atoms with Gasteiger partial charge in [-0.3, -0.25) is 4.68 Å². The third kappa shape index (κ3) is 2.77. The molecule has 0 amide bonds. The number of aromatic nitrogens is 3. The molecule has 1 unspecified atom stereocenters. The Balaban J connectivity index is 1.79. The molecule has 0 radical (unpaired) electrons. The minimum atomic E-state index is 0.261. The Morgan fingerprint density at radius 1 is 1.67 bits per heavy atom. The van der Waals surface area contributed by atoms with Gasteiger partial charge in [-0.1, -0.05) is 0 Å². The van der Waals surface area contributed by atoms with Gasteiger partial charge in [0.2, 0.25) is 0 Å². The second-order valence-electron chi connectivity index (χ2n) is 3.94. The predicted octanol–water partition coefficient (Wildman–Crippen LogP) is 0.539. The SMILES string of the molecule is N#Cc1ncn(CCC2CCCNC2)n1. The van der Waals surface area contributed by atoms with E-state index in [1.807, 2.05) is 6.07 Å². The van der Waals surface area contributed by atoms with Crippen molar-refractivity contribution in [1.29, 1.82) is 5.26 Å². The van der Waals surface area contributed by atoms with Crippen molar-refractivity contribution in [2.45, 2.75) is 25.8 Å². The largest absolute Gasteiger partial charge is 0.316 e. The number of nitrogens with zero attached hydrogens (tertiary/aromatic N) is 4. The molecular weight excluding hydrogens is 190 g/mol. The molecule has 1 atom stereocenters. The molecule has 1 saturated heterocycles. The maximum absolute atomic E-state index is 8.57. The van der Waals surface area contributed by atoms with Crippen LogP contribution in [0.5, 0.6) is 0 Å². The first kappa shape index (κ1) is 10.1. The Kier molecular flexibility index (Phi) is 3.30. The van der Waals surface area contributed by atoms with Crippen LogP contribution in [0.1, 0.15) is 25.1 Å². The number of piperidine rings is 1. The molecule has 0 bridgehead atoms. The molecule has 2 heterocycles. The zero-order chi connectivity index (χ0) is 10.5. The minimum absolute atomic E-state index is 0.261. The van der Waals surface area contributed by atoms with Gasteiger partial charge in [0.15, 0.2) is 0 Å². The van der Waals surface area contributed by atoms with Crippen LogP contribution in [-0.4, -0.2) is 27.9 Å². The summed E-state index contributed by atoms with van der Waals surface area (Å²) in [6.07, 6.45) is 5.31. The molecule has 0 aliphatic carbocycles. The summed E-state index contributed by atoms with van der Waals surface area (Å²) in [6, 6.07) is 1.93. The maximum Gasteiger partial charge on any atom is 0.252 e. The van der Waals surface area contributed by atoms with Gasteiger partial charge in [-0.05, 0) is 38.3 Å². The van der Waals surface area contributed by atoms with Crippen molar-refractivity contribution >= 4 is 0 Å². The highest BCUT2D eigenvalue weighted by Gasteiger charge is 2.12. The summed E-state index contributed by atoms with van der Waals surface area (Å²) in [5.41, 5.74) is 0. The molecule has 80 valence electrons. The molecule has 2 rings (SSSR count). The number of hydrogen-bond donors (Lipinski definition) is 1. The summed E-state index contributed by atoms with van der Waals surface area (Å²) in [4.78, 5) is 3.87. The molecule has 5 nitrogen and oxygen atoms in total. The zero-order valence-electron chi connectivity index (χ0n) is 8.69. The fourth-order valence-corrected chi connectivity index (χ4v) is 1.94. The molecule has 1 N–H and O–H groups in total. The monoisotopic (exact) mass is 205 g/mol. The van der Waals surface area contributed by atoms with Crippen LogP contribution in [0.2, 0.25) is 0 Å². The van der Waals surface area contributed by atoms with Gasteiger partial charge in [0, 0.05) is 6.54 Å². The quantitative estimate of drug-likeness (QED) is 0.782. The lowest BCUT2D eigenvalue weighted by atomic mass is 9.96. The van der Waals surface area contributed by atoms with E-state index in [9.17, 15) is 0 Å². The van der Waals surface area contributed by atoms with Crippen LogP contribution < -0.4 is 5.32 Å². The van der Waals surface area contributed by atoms with Crippen LogP contribution in [0.25, 0.3) is 0 Å². The summed E-state index contributed by atoms with van der Waals surface area (Å²) >= 11 is 0. The number of aryl methyl sites for hydroxylation is 1. The van der Waals surface area contributed by atoms with Crippen LogP contribution in [0.15, 0.2) is 6.33 Å². The van der Waals surface area contributed by atoms with Gasteiger partial charge in [0.05, 0.1) is 0 Å². The van der Waals surface area contributed by atoms with Crippen LogP contribution >= 0.6 is 0 Å². The van der Waals surface area contributed by atoms with E-state index in [1.165, 1.54) is 12.8 Å². The van der Waals surface area contributed by atoms with E-state index >= 15 is 0 Å². The van der Waals surface area contributed by atoms with E-state index in [4.69, 9.17) is 5.26 Å². The highest BCUT2D eigenvalue weighted by Crippen LogP contribution is 2.14. The van der Waals surface area contributed by atoms with Crippen LogP contribution in [0.4, 0.5) is 0 Å². The highest BCUT2D eigenvalue weighted by atomic mass is 15.3. The molecular formula is C10H15N5. The van der Waals surface area contributed by atoms with Gasteiger partial charge in [-0.2, -0.15) is 5.26 Å². The molecule has 0 saturated carbocycles. The van der Waals surface area contributed by atoms with Crippen molar-refractivity contribution in [1.82, 2.24) is 20.1 Å². The fraction of sp³-hybridized carbons (Fsp3) is 0.700. The number of rotatable bonds is 3. The topological polar surface area (TPSA) is 66.5 Å². The maximum atomic E-state index is 8.57. The van der Waals surface area contributed by atoms with E-state index in [1.54, 1.807) is 11.0 Å². The van der Waals surface area contributed by atoms with E-state index in [2.05, 4.69) is 15.4 Å². The van der Waals surface area contributed by atoms with Crippen molar-refractivity contribution in [3.05, 3.63) is 12.2 Å². The van der Waals surface area contributed by atoms with Crippen LogP contribution in [-0.2, 0) is 6.54 Å². The Hall–Kier alpha value is -1.41. The first-order valence-corrected chi connectivity index (χ1v) is 5.39. The first-order chi connectivity index (χ1) is 7.38. The van der Waals surface area contributed by atoms with Crippen molar-refractivity contribution < 1.29 is 0 Å². The predicted molar refractivity (Wildman–Crippen MR) is 54.9 cm³/mol. The van der Waals surface area contributed by atoms with Gasteiger partial charge in [0.1, 0.15) is 12.4 Å². The Morgan fingerprint density at radius 3 is 3.27 bits per heavy atom. The first-order valence-electron chi connectivity index (χ1n) is 5.39. The molecule has 1 aliphatic heterocycles. The molecule has 1 aromatic heterocycles. The fourth-order valence-electron chi connectivity index (χ4n) is 1.94. The third-order valence-corrected chi connectivity index (χ3v) is 2.80. The van der Waals surface area contributed by atoms with Gasteiger partial charge in [-0.15, -0.1) is 5.10 Å². The summed E-state index contributed by atoms with van der Waals surface area (Å²) in [6.45, 7) is 3.12. The second kappa shape index (κ2) is 4.89. The molecule has 0 aromatic carbocycles. The smallest absolute Gasteiger partial charge is 0.252 e. The molecule has 1 fully saturated rings. The minimum Gasteiger partial charge on any atom is -0.316 e. The average molecular weight is 205 g/mol. The number of nitrogens with one attached hydrogen (secondary N) is 1. The Labute approximate surface area is 89.1 Å². The summed E-state index contributed by atoms with van der Waals surface area (Å²) in [5, 5.41) is 16.0. The Bertz CT molecular complexity index is 345. The third-order valence-electron chi connectivity index (χ3n) is 2.80. The van der Waals surface area contributed by atoms with Gasteiger partial charge < -0.3 is 5.32 Å². The van der Waals surface area contributed by atoms with Crippen molar-refractivity contribution in [3.8, 4) is 6.07 Å². The number of hydrogen-bond acceptors (Lipinski definition) is 4. The molecule has 0 spiro atoms. The van der Waals surface area contributed by atoms with E-state index in [0.29, 0.717) is 0 Å². The van der Waals surface area contributed by atoms with E-state index in [-0.39, 0.29) is 5.82 Å². The Morgan fingerprint density at radius 2 is 2.60 bits per heavy atom. The van der Waals surface area contributed by atoms with Gasteiger partial charge in [0.25, 0.3) is 5.82 Å². The average Bonchev–Trinajstić information content (AvgIpc) is 2.76. The lowest BCUT2D eigenvalue weighted by molar-refractivity contribution is 0.335. The summed E-state index contributed by atoms with van der Waals surface area (Å²) < 4.78 is 1.76. The van der Waals surface area contributed by atoms with Crippen molar-refractivity contribution in [2.24, 2.45) is 5.92 Å². The normalized spacial score (nSPS) is 21.1. The van der Waals surface area contributed by atoms with Crippen molar-refractivity contribution in [3.63, 3.8) is 0 Å². The van der Waals surface area contributed by atoms with Crippen LogP contribution in [0, 0.1) is 17.2 Å². The molecule has 15 heavy (non-hydrogen) atoms. The van der Waals surface area contributed by atoms with E-state index < -0.39 is 0 Å². The van der Waals surface area contributed by atoms with Gasteiger partial charge >= 0.3 is 0 Å².